The molecule has 1 aliphatic carbocycles. The molecule has 4 rings (SSSR count). The minimum Gasteiger partial charge on any atom is -0.453 e. The van der Waals surface area contributed by atoms with Crippen LogP contribution in [0.5, 0.6) is 0 Å². The first-order valence-corrected chi connectivity index (χ1v) is 11.9. The molecule has 1 aromatic rings. The number of benzene rings is 1. The molecular weight excluding hydrogens is 404 g/mol. The molecule has 5 nitrogen and oxygen atoms in total. The molecule has 3 aliphatic rings. The van der Waals surface area contributed by atoms with Gasteiger partial charge in [0, 0.05) is 24.7 Å². The number of Topliss-reactive ketones (excluding diaryl/α,β-unsaturated/α-hetero) is 1. The van der Waals surface area contributed by atoms with Crippen LogP contribution < -0.4 is 0 Å². The van der Waals surface area contributed by atoms with Crippen LogP contribution in [0.2, 0.25) is 0 Å². The average Bonchev–Trinajstić information content (AvgIpc) is 3.13. The molecule has 1 aromatic carbocycles. The molecule has 0 unspecified atom stereocenters. The molecule has 0 aromatic heterocycles. The maximum absolute atomic E-state index is 13.1. The highest BCUT2D eigenvalue weighted by Crippen LogP contribution is 2.55. The summed E-state index contributed by atoms with van der Waals surface area (Å²) >= 11 is 0. The molecule has 5 heteroatoms. The maximum Gasteiger partial charge on any atom is 0.338 e. The Labute approximate surface area is 191 Å². The van der Waals surface area contributed by atoms with Gasteiger partial charge < -0.3 is 14.6 Å². The summed E-state index contributed by atoms with van der Waals surface area (Å²) in [5.74, 6) is 0.391. The smallest absolute Gasteiger partial charge is 0.338 e. The zero-order valence-electron chi connectivity index (χ0n) is 19.7. The number of carbonyl (C=O) groups excluding carboxylic acids is 2. The quantitative estimate of drug-likeness (QED) is 0.543. The molecule has 2 bridgehead atoms. The third-order valence-electron chi connectivity index (χ3n) is 8.09. The molecule has 7 atom stereocenters. The number of hydrogen-bond donors (Lipinski definition) is 1. The second-order valence-corrected chi connectivity index (χ2v) is 10.8. The van der Waals surface area contributed by atoms with Crippen molar-refractivity contribution in [2.24, 2.45) is 23.7 Å². The van der Waals surface area contributed by atoms with Crippen LogP contribution in [0.4, 0.5) is 0 Å². The van der Waals surface area contributed by atoms with E-state index >= 15 is 0 Å². The second-order valence-electron chi connectivity index (χ2n) is 10.8. The monoisotopic (exact) mass is 440 g/mol. The van der Waals surface area contributed by atoms with Crippen molar-refractivity contribution in [3.05, 3.63) is 48.0 Å². The maximum atomic E-state index is 13.1. The third-order valence-corrected chi connectivity index (χ3v) is 8.09. The zero-order valence-corrected chi connectivity index (χ0v) is 19.7. The summed E-state index contributed by atoms with van der Waals surface area (Å²) in [6.07, 6.45) is 1.99. The van der Waals surface area contributed by atoms with E-state index in [0.717, 1.165) is 18.4 Å². The van der Waals surface area contributed by atoms with Crippen LogP contribution in [-0.4, -0.2) is 40.3 Å². The molecule has 2 heterocycles. The van der Waals surface area contributed by atoms with E-state index in [0.29, 0.717) is 23.8 Å². The first-order valence-electron chi connectivity index (χ1n) is 11.9. The summed E-state index contributed by atoms with van der Waals surface area (Å²) in [5, 5.41) is 11.0. The van der Waals surface area contributed by atoms with E-state index in [1.807, 2.05) is 13.0 Å². The molecule has 2 saturated heterocycles. The van der Waals surface area contributed by atoms with Crippen molar-refractivity contribution in [3.63, 3.8) is 0 Å². The van der Waals surface area contributed by atoms with Gasteiger partial charge in [0.2, 0.25) is 0 Å². The van der Waals surface area contributed by atoms with Gasteiger partial charge in [-0.2, -0.15) is 0 Å². The van der Waals surface area contributed by atoms with Gasteiger partial charge in [-0.25, -0.2) is 4.79 Å². The third kappa shape index (κ3) is 4.06. The minimum absolute atomic E-state index is 0.0493. The number of ketones is 1. The number of aliphatic hydroxyl groups is 1. The first kappa shape index (κ1) is 23.2. The second kappa shape index (κ2) is 8.42. The molecular formula is C27H36O5. The highest BCUT2D eigenvalue weighted by Gasteiger charge is 2.60. The van der Waals surface area contributed by atoms with Crippen molar-refractivity contribution >= 4 is 11.8 Å². The van der Waals surface area contributed by atoms with Gasteiger partial charge >= 0.3 is 5.97 Å². The van der Waals surface area contributed by atoms with Crippen molar-refractivity contribution in [2.45, 2.75) is 83.2 Å². The van der Waals surface area contributed by atoms with Crippen LogP contribution in [0.3, 0.4) is 0 Å². The Hall–Kier alpha value is -1.98. The van der Waals surface area contributed by atoms with Crippen molar-refractivity contribution in [2.75, 3.05) is 0 Å². The predicted molar refractivity (Wildman–Crippen MR) is 122 cm³/mol. The lowest BCUT2D eigenvalue weighted by Crippen LogP contribution is -2.51. The van der Waals surface area contributed by atoms with Gasteiger partial charge in [-0.05, 0) is 57.1 Å². The fourth-order valence-electron chi connectivity index (χ4n) is 6.27. The number of esters is 1. The van der Waals surface area contributed by atoms with Crippen LogP contribution in [-0.2, 0) is 14.3 Å². The summed E-state index contributed by atoms with van der Waals surface area (Å²) in [6.45, 7) is 12.3. The Morgan fingerprint density at radius 3 is 2.56 bits per heavy atom. The summed E-state index contributed by atoms with van der Waals surface area (Å²) in [5.41, 5.74) is -0.846. The normalized spacial score (nSPS) is 39.8. The molecule has 32 heavy (non-hydrogen) atoms. The fraction of sp³-hybridized carbons (Fsp3) is 0.630. The Kier molecular flexibility index (Phi) is 6.10. The standard InChI is InChI=1S/C27H36O5/c1-16(2)19-12-11-17(3)22-20-15-26(4,30)21(28)13-14-27(5,24(31-20)23(19)22)32-25(29)18-9-7-6-8-10-18/h6-10,16,19-20,22-24,30H,3,11-15H2,1-2,4-5H3/t19-,20-,22-,23-,24-,26+,27-/m1/s1. The molecule has 1 saturated carbocycles. The van der Waals surface area contributed by atoms with E-state index in [1.54, 1.807) is 31.2 Å². The van der Waals surface area contributed by atoms with Gasteiger partial charge in [0.15, 0.2) is 5.78 Å². The van der Waals surface area contributed by atoms with E-state index in [1.165, 1.54) is 0 Å². The predicted octanol–water partition coefficient (Wildman–Crippen LogP) is 4.73. The highest BCUT2D eigenvalue weighted by atomic mass is 16.6. The van der Waals surface area contributed by atoms with Gasteiger partial charge in [0.25, 0.3) is 0 Å². The van der Waals surface area contributed by atoms with Crippen LogP contribution in [0.1, 0.15) is 70.2 Å². The lowest BCUT2D eigenvalue weighted by atomic mass is 9.60. The summed E-state index contributed by atoms with van der Waals surface area (Å²) in [7, 11) is 0. The molecule has 1 N–H and O–H groups in total. The summed E-state index contributed by atoms with van der Waals surface area (Å²) in [6, 6.07) is 8.94. The number of rotatable bonds is 3. The SMILES string of the molecule is C=C1CC[C@H](C(C)C)[C@@H]2[C@H]1[C@H]1C[C@](C)(O)C(=O)CC[C@@](C)(OC(=O)c3ccccc3)[C@@H]2O1. The van der Waals surface area contributed by atoms with E-state index in [-0.39, 0.29) is 42.7 Å². The van der Waals surface area contributed by atoms with Crippen molar-refractivity contribution < 1.29 is 24.2 Å². The van der Waals surface area contributed by atoms with Crippen LogP contribution >= 0.6 is 0 Å². The molecule has 174 valence electrons. The minimum atomic E-state index is -1.47. The van der Waals surface area contributed by atoms with Crippen molar-refractivity contribution in [3.8, 4) is 0 Å². The van der Waals surface area contributed by atoms with Crippen LogP contribution in [0.25, 0.3) is 0 Å². The molecule has 0 radical (unpaired) electrons. The van der Waals surface area contributed by atoms with Crippen LogP contribution in [0, 0.1) is 23.7 Å². The Balaban J connectivity index is 1.76. The molecule has 0 amide bonds. The number of fused-ring (bicyclic) bond motifs is 5. The van der Waals surface area contributed by atoms with E-state index in [4.69, 9.17) is 9.47 Å². The topological polar surface area (TPSA) is 72.8 Å². The Bertz CT molecular complexity index is 889. The van der Waals surface area contributed by atoms with Gasteiger partial charge in [-0.1, -0.05) is 44.2 Å². The number of carbonyl (C=O) groups is 2. The molecule has 2 aliphatic heterocycles. The zero-order chi connectivity index (χ0) is 23.3. The number of ether oxygens (including phenoxy) is 2. The summed E-state index contributed by atoms with van der Waals surface area (Å²) < 4.78 is 12.9. The average molecular weight is 441 g/mol. The van der Waals surface area contributed by atoms with Gasteiger partial charge in [-0.3, -0.25) is 4.79 Å². The molecule has 3 fully saturated rings. The highest BCUT2D eigenvalue weighted by molar-refractivity contribution is 5.90. The summed E-state index contributed by atoms with van der Waals surface area (Å²) in [4.78, 5) is 26.0. The Morgan fingerprint density at radius 2 is 1.91 bits per heavy atom. The van der Waals surface area contributed by atoms with Crippen molar-refractivity contribution in [1.29, 1.82) is 0 Å². The van der Waals surface area contributed by atoms with Gasteiger partial charge in [0.1, 0.15) is 17.3 Å². The largest absolute Gasteiger partial charge is 0.453 e. The van der Waals surface area contributed by atoms with Crippen molar-refractivity contribution in [1.82, 2.24) is 0 Å². The van der Waals surface area contributed by atoms with Gasteiger partial charge in [0.05, 0.1) is 11.7 Å². The first-order chi connectivity index (χ1) is 15.0. The van der Waals surface area contributed by atoms with Crippen LogP contribution in [0.15, 0.2) is 42.5 Å². The molecule has 0 spiro atoms. The lowest BCUT2D eigenvalue weighted by molar-refractivity contribution is -0.139. The Morgan fingerprint density at radius 1 is 1.22 bits per heavy atom. The van der Waals surface area contributed by atoms with E-state index in [9.17, 15) is 14.7 Å². The van der Waals surface area contributed by atoms with Gasteiger partial charge in [-0.15, -0.1) is 0 Å². The fourth-order valence-corrected chi connectivity index (χ4v) is 6.27. The lowest BCUT2D eigenvalue weighted by Gasteiger charge is -2.45. The van der Waals surface area contributed by atoms with E-state index < -0.39 is 17.2 Å². The van der Waals surface area contributed by atoms with E-state index in [2.05, 4.69) is 20.4 Å². The number of hydrogen-bond acceptors (Lipinski definition) is 5.